The molecule has 4 nitrogen and oxygen atoms in total. The Balaban J connectivity index is 2.16. The molecule has 0 fully saturated rings. The minimum atomic E-state index is -1.07. The molecule has 0 saturated carbocycles. The molecular weight excluding hydrogens is 266 g/mol. The molecule has 0 aromatic heterocycles. The molecular formula is C17H17NO3. The molecule has 1 amide bonds. The number of aryl methyl sites for hydroxylation is 1. The van der Waals surface area contributed by atoms with Crippen LogP contribution in [0.1, 0.15) is 39.6 Å². The summed E-state index contributed by atoms with van der Waals surface area (Å²) >= 11 is 0. The molecule has 21 heavy (non-hydrogen) atoms. The van der Waals surface area contributed by atoms with Crippen LogP contribution in [0.15, 0.2) is 48.5 Å². The topological polar surface area (TPSA) is 66.4 Å². The van der Waals surface area contributed by atoms with Crippen LogP contribution in [-0.4, -0.2) is 17.0 Å². The number of anilines is 1. The third kappa shape index (κ3) is 3.69. The minimum absolute atomic E-state index is 0.0773. The normalized spacial score (nSPS) is 10.1. The van der Waals surface area contributed by atoms with E-state index in [0.29, 0.717) is 11.3 Å². The highest BCUT2D eigenvalue weighted by atomic mass is 16.4. The Morgan fingerprint density at radius 1 is 1.05 bits per heavy atom. The fourth-order valence-electron chi connectivity index (χ4n) is 2.08. The van der Waals surface area contributed by atoms with E-state index in [1.165, 1.54) is 11.6 Å². The molecule has 2 aromatic rings. The Morgan fingerprint density at radius 3 is 2.33 bits per heavy atom. The van der Waals surface area contributed by atoms with Crippen molar-refractivity contribution in [1.82, 2.24) is 0 Å². The van der Waals surface area contributed by atoms with Gasteiger partial charge in [-0.15, -0.1) is 0 Å². The van der Waals surface area contributed by atoms with Gasteiger partial charge in [-0.25, -0.2) is 4.79 Å². The van der Waals surface area contributed by atoms with Crippen molar-refractivity contribution < 1.29 is 14.7 Å². The van der Waals surface area contributed by atoms with Crippen LogP contribution in [0.2, 0.25) is 0 Å². The number of nitrogens with one attached hydrogen (secondary N) is 1. The van der Waals surface area contributed by atoms with Crippen LogP contribution >= 0.6 is 0 Å². The van der Waals surface area contributed by atoms with Gasteiger partial charge in [-0.05, 0) is 36.2 Å². The Kier molecular flexibility index (Phi) is 4.72. The van der Waals surface area contributed by atoms with Crippen molar-refractivity contribution in [2.75, 3.05) is 5.32 Å². The maximum absolute atomic E-state index is 12.2. The summed E-state index contributed by atoms with van der Waals surface area (Å²) in [6.45, 7) is 2.10. The fraction of sp³-hybridized carbons (Fsp3) is 0.176. The summed E-state index contributed by atoms with van der Waals surface area (Å²) in [6.07, 6.45) is 2.03. The van der Waals surface area contributed by atoms with Crippen molar-refractivity contribution in [2.45, 2.75) is 19.8 Å². The Bertz CT molecular complexity index is 647. The van der Waals surface area contributed by atoms with Crippen LogP contribution in [0.4, 0.5) is 5.69 Å². The smallest absolute Gasteiger partial charge is 0.337 e. The van der Waals surface area contributed by atoms with Crippen molar-refractivity contribution in [3.8, 4) is 0 Å². The second-order valence-corrected chi connectivity index (χ2v) is 4.75. The van der Waals surface area contributed by atoms with Gasteiger partial charge in [0.15, 0.2) is 0 Å². The second kappa shape index (κ2) is 6.70. The number of para-hydroxylation sites is 1. The van der Waals surface area contributed by atoms with Gasteiger partial charge < -0.3 is 10.4 Å². The lowest BCUT2D eigenvalue weighted by Crippen LogP contribution is -2.14. The molecule has 0 unspecified atom stereocenters. The first kappa shape index (κ1) is 14.8. The van der Waals surface area contributed by atoms with Gasteiger partial charge in [0.2, 0.25) is 0 Å². The lowest BCUT2D eigenvalue weighted by Gasteiger charge is -2.08. The maximum atomic E-state index is 12.2. The Morgan fingerprint density at radius 2 is 1.71 bits per heavy atom. The largest absolute Gasteiger partial charge is 0.478 e. The highest BCUT2D eigenvalue weighted by molar-refractivity contribution is 6.07. The molecule has 2 aromatic carbocycles. The zero-order valence-electron chi connectivity index (χ0n) is 11.8. The van der Waals surface area contributed by atoms with Crippen molar-refractivity contribution in [2.24, 2.45) is 0 Å². The van der Waals surface area contributed by atoms with E-state index >= 15 is 0 Å². The quantitative estimate of drug-likeness (QED) is 0.881. The zero-order chi connectivity index (χ0) is 15.2. The van der Waals surface area contributed by atoms with Crippen LogP contribution in [0, 0.1) is 0 Å². The van der Waals surface area contributed by atoms with Gasteiger partial charge >= 0.3 is 5.97 Å². The van der Waals surface area contributed by atoms with Crippen molar-refractivity contribution >= 4 is 17.6 Å². The van der Waals surface area contributed by atoms with Gasteiger partial charge in [0.05, 0.1) is 11.3 Å². The van der Waals surface area contributed by atoms with Crippen LogP contribution in [0.5, 0.6) is 0 Å². The van der Waals surface area contributed by atoms with Crippen molar-refractivity contribution in [3.05, 3.63) is 65.2 Å². The Labute approximate surface area is 123 Å². The van der Waals surface area contributed by atoms with Gasteiger partial charge in [0, 0.05) is 5.56 Å². The van der Waals surface area contributed by atoms with Crippen LogP contribution in [-0.2, 0) is 6.42 Å². The minimum Gasteiger partial charge on any atom is -0.478 e. The van der Waals surface area contributed by atoms with Crippen molar-refractivity contribution in [1.29, 1.82) is 0 Å². The molecule has 0 atom stereocenters. The number of carboxylic acids is 1. The summed E-state index contributed by atoms with van der Waals surface area (Å²) < 4.78 is 0. The van der Waals surface area contributed by atoms with E-state index < -0.39 is 5.97 Å². The van der Waals surface area contributed by atoms with E-state index in [1.54, 1.807) is 30.3 Å². The van der Waals surface area contributed by atoms with E-state index in [2.05, 4.69) is 12.2 Å². The van der Waals surface area contributed by atoms with Gasteiger partial charge in [0.1, 0.15) is 0 Å². The van der Waals surface area contributed by atoms with Gasteiger partial charge in [0.25, 0.3) is 5.91 Å². The third-order valence-electron chi connectivity index (χ3n) is 3.16. The number of amides is 1. The molecule has 0 aliphatic heterocycles. The van der Waals surface area contributed by atoms with Gasteiger partial charge in [-0.3, -0.25) is 4.79 Å². The number of rotatable bonds is 5. The number of carbonyl (C=O) groups is 2. The van der Waals surface area contributed by atoms with Crippen LogP contribution in [0.3, 0.4) is 0 Å². The molecule has 4 heteroatoms. The van der Waals surface area contributed by atoms with E-state index in [1.807, 2.05) is 12.1 Å². The zero-order valence-corrected chi connectivity index (χ0v) is 11.8. The summed E-state index contributed by atoms with van der Waals surface area (Å²) in [6, 6.07) is 13.7. The molecule has 0 heterocycles. The van der Waals surface area contributed by atoms with Crippen molar-refractivity contribution in [3.63, 3.8) is 0 Å². The Hall–Kier alpha value is -2.62. The molecule has 0 radical (unpaired) electrons. The highest BCUT2D eigenvalue weighted by Gasteiger charge is 2.12. The van der Waals surface area contributed by atoms with Crippen LogP contribution < -0.4 is 5.32 Å². The lowest BCUT2D eigenvalue weighted by molar-refractivity contribution is 0.0698. The lowest BCUT2D eigenvalue weighted by atomic mass is 10.1. The predicted molar refractivity (Wildman–Crippen MR) is 81.8 cm³/mol. The van der Waals surface area contributed by atoms with Gasteiger partial charge in [-0.1, -0.05) is 37.6 Å². The summed E-state index contributed by atoms with van der Waals surface area (Å²) in [5.41, 5.74) is 2.07. The van der Waals surface area contributed by atoms with E-state index in [4.69, 9.17) is 5.11 Å². The molecule has 2 N–H and O–H groups in total. The maximum Gasteiger partial charge on any atom is 0.337 e. The number of aromatic carboxylic acids is 1. The second-order valence-electron chi connectivity index (χ2n) is 4.75. The predicted octanol–water partition coefficient (Wildman–Crippen LogP) is 3.59. The summed E-state index contributed by atoms with van der Waals surface area (Å²) in [5, 5.41) is 11.7. The summed E-state index contributed by atoms with van der Waals surface area (Å²) in [4.78, 5) is 23.3. The highest BCUT2D eigenvalue weighted by Crippen LogP contribution is 2.16. The molecule has 0 spiro atoms. The van der Waals surface area contributed by atoms with Crippen LogP contribution in [0.25, 0.3) is 0 Å². The molecule has 0 aliphatic carbocycles. The molecule has 0 saturated heterocycles. The standard InChI is InChI=1S/C17H17NO3/c1-2-5-12-8-10-13(11-9-12)16(19)18-15-7-4-3-6-14(15)17(20)21/h3-4,6-11H,2,5H2,1H3,(H,18,19)(H,20,21). The molecule has 2 rings (SSSR count). The molecule has 108 valence electrons. The first-order valence-electron chi connectivity index (χ1n) is 6.84. The summed E-state index contributed by atoms with van der Waals surface area (Å²) in [7, 11) is 0. The fourth-order valence-corrected chi connectivity index (χ4v) is 2.08. The molecule has 0 aliphatic rings. The SMILES string of the molecule is CCCc1ccc(C(=O)Nc2ccccc2C(=O)O)cc1. The monoisotopic (exact) mass is 283 g/mol. The number of hydrogen-bond donors (Lipinski definition) is 2. The first-order valence-corrected chi connectivity index (χ1v) is 6.84. The van der Waals surface area contributed by atoms with E-state index in [-0.39, 0.29) is 11.5 Å². The van der Waals surface area contributed by atoms with E-state index in [0.717, 1.165) is 12.8 Å². The number of carbonyl (C=O) groups excluding carboxylic acids is 1. The number of hydrogen-bond acceptors (Lipinski definition) is 2. The third-order valence-corrected chi connectivity index (χ3v) is 3.16. The number of benzene rings is 2. The molecule has 0 bridgehead atoms. The number of carboxylic acid groups (broad SMARTS) is 1. The average Bonchev–Trinajstić information content (AvgIpc) is 2.48. The summed E-state index contributed by atoms with van der Waals surface area (Å²) in [5.74, 6) is -1.38. The first-order chi connectivity index (χ1) is 10.1. The van der Waals surface area contributed by atoms with E-state index in [9.17, 15) is 9.59 Å². The average molecular weight is 283 g/mol. The van der Waals surface area contributed by atoms with Gasteiger partial charge in [-0.2, -0.15) is 0 Å².